The van der Waals surface area contributed by atoms with Crippen molar-refractivity contribution >= 4 is 57.6 Å². The first-order valence-electron chi connectivity index (χ1n) is 10.9. The number of anilines is 1. The predicted molar refractivity (Wildman–Crippen MR) is 136 cm³/mol. The molecule has 0 spiro atoms. The number of aromatic nitrogens is 1. The van der Waals surface area contributed by atoms with Crippen molar-refractivity contribution < 1.29 is 33.6 Å². The molecule has 0 radical (unpaired) electrons. The average molecular weight is 550 g/mol. The molecule has 37 heavy (non-hydrogen) atoms. The number of aliphatic carboxylic acids is 1. The monoisotopic (exact) mass is 549 g/mol. The van der Waals surface area contributed by atoms with Crippen molar-refractivity contribution in [1.29, 1.82) is 0 Å². The van der Waals surface area contributed by atoms with Crippen LogP contribution in [0.3, 0.4) is 0 Å². The van der Waals surface area contributed by atoms with Gasteiger partial charge in [-0.25, -0.2) is 4.98 Å². The van der Waals surface area contributed by atoms with Crippen LogP contribution < -0.4 is 21.9 Å². The lowest BCUT2D eigenvalue weighted by molar-refractivity contribution is -0.893. The summed E-state index contributed by atoms with van der Waals surface area (Å²) in [5, 5.41) is 19.5. The van der Waals surface area contributed by atoms with Gasteiger partial charge in [-0.3, -0.25) is 19.3 Å². The van der Waals surface area contributed by atoms with Gasteiger partial charge in [-0.2, -0.15) is 0 Å². The van der Waals surface area contributed by atoms with Gasteiger partial charge in [0.1, 0.15) is 30.8 Å². The lowest BCUT2D eigenvalue weighted by Crippen LogP contribution is -2.71. The van der Waals surface area contributed by atoms with Crippen LogP contribution in [0, 0.1) is 0 Å². The van der Waals surface area contributed by atoms with Gasteiger partial charge in [0.25, 0.3) is 11.8 Å². The third-order valence-electron chi connectivity index (χ3n) is 5.66. The van der Waals surface area contributed by atoms with Gasteiger partial charge in [-0.15, -0.1) is 23.1 Å². The molecule has 2 aliphatic rings. The van der Waals surface area contributed by atoms with E-state index in [1.165, 1.54) is 30.3 Å². The summed E-state index contributed by atoms with van der Waals surface area (Å²) in [4.78, 5) is 59.0. The molecule has 1 aromatic heterocycles. The topological polar surface area (TPSA) is 193 Å². The number of β-lactam (4-membered cyclic amide) rings is 1. The summed E-state index contributed by atoms with van der Waals surface area (Å²) in [6, 6.07) is -0.987. The number of nitrogens with zero attached hydrogens (tertiary/aromatic N) is 4. The highest BCUT2D eigenvalue weighted by molar-refractivity contribution is 8.00. The van der Waals surface area contributed by atoms with E-state index >= 15 is 0 Å². The van der Waals surface area contributed by atoms with Crippen molar-refractivity contribution in [2.75, 3.05) is 45.3 Å². The summed E-state index contributed by atoms with van der Waals surface area (Å²) in [5.74, 6) is -3.10. The van der Waals surface area contributed by atoms with Crippen molar-refractivity contribution in [2.24, 2.45) is 10.9 Å². The Morgan fingerprint density at radius 1 is 1.43 bits per heavy atom. The Hall–Kier alpha value is -3.69. The van der Waals surface area contributed by atoms with Gasteiger partial charge >= 0.3 is 0 Å². The number of carbonyl (C=O) groups excluding carboxylic acids is 4. The number of likely N-dealkylation sites (N-methyl/N-ethyl adjacent to an activating group) is 1. The van der Waals surface area contributed by atoms with Crippen LogP contribution in [0.1, 0.15) is 5.69 Å². The number of fused-ring (bicyclic) bond motifs is 1. The van der Waals surface area contributed by atoms with E-state index in [1.54, 1.807) is 12.2 Å². The second-order valence-corrected chi connectivity index (χ2v) is 10.5. The molecule has 15 heteroatoms. The molecule has 0 bridgehead atoms. The Balaban J connectivity index is 1.81. The Bertz CT molecular complexity index is 1210. The molecule has 0 aromatic carbocycles. The zero-order valence-electron chi connectivity index (χ0n) is 20.2. The first-order valence-corrected chi connectivity index (χ1v) is 12.9. The highest BCUT2D eigenvalue weighted by atomic mass is 32.2. The van der Waals surface area contributed by atoms with Crippen LogP contribution in [0.15, 0.2) is 46.6 Å². The number of thiazole rings is 1. The molecule has 13 nitrogen and oxygen atoms in total. The molecule has 5 N–H and O–H groups in total. The molecule has 1 saturated heterocycles. The smallest absolute Gasteiger partial charge is 0.276 e. The molecule has 0 saturated carbocycles. The van der Waals surface area contributed by atoms with Gasteiger partial charge in [-0.05, 0) is 12.2 Å². The maximum atomic E-state index is 13.0. The van der Waals surface area contributed by atoms with E-state index in [0.717, 1.165) is 16.2 Å². The van der Waals surface area contributed by atoms with Crippen LogP contribution in [0.25, 0.3) is 0 Å². The maximum absolute atomic E-state index is 13.0. The minimum atomic E-state index is -1.49. The molecule has 1 aromatic rings. The van der Waals surface area contributed by atoms with Crippen molar-refractivity contribution in [1.82, 2.24) is 15.2 Å². The lowest BCUT2D eigenvalue weighted by atomic mass is 10.0. The van der Waals surface area contributed by atoms with Gasteiger partial charge in [0.2, 0.25) is 5.91 Å². The number of hydrogen-bond acceptors (Lipinski definition) is 11. The SMILES string of the molecule is C=CC[N+](C)(C/C=C/C(N)=O)CC1=C(C(=O)[O-])N2C(=O)C(NC(=O)/C(=N\OC)c3csc(N)n3)C2SC1. The Labute approximate surface area is 221 Å². The van der Waals surface area contributed by atoms with Crippen LogP contribution in [0.4, 0.5) is 5.13 Å². The third kappa shape index (κ3) is 6.18. The number of carboxylic acids is 1. The minimum Gasteiger partial charge on any atom is -0.543 e. The first-order chi connectivity index (χ1) is 17.5. The number of rotatable bonds is 12. The zero-order chi connectivity index (χ0) is 27.3. The normalized spacial score (nSPS) is 21.2. The number of carboxylic acid groups (broad SMARTS) is 1. The van der Waals surface area contributed by atoms with Crippen LogP contribution >= 0.6 is 23.1 Å². The number of thioether (sulfide) groups is 1. The number of carbonyl (C=O) groups is 4. The van der Waals surface area contributed by atoms with Crippen molar-refractivity contribution in [3.05, 3.63) is 47.2 Å². The number of amides is 3. The molecule has 3 unspecified atom stereocenters. The molecule has 198 valence electrons. The summed E-state index contributed by atoms with van der Waals surface area (Å²) >= 11 is 2.43. The van der Waals surface area contributed by atoms with Crippen molar-refractivity contribution in [3.63, 3.8) is 0 Å². The number of primary amides is 1. The van der Waals surface area contributed by atoms with Gasteiger partial charge < -0.3 is 36.0 Å². The van der Waals surface area contributed by atoms with Gasteiger partial charge in [-0.1, -0.05) is 11.7 Å². The Morgan fingerprint density at radius 2 is 2.16 bits per heavy atom. The average Bonchev–Trinajstić information content (AvgIpc) is 3.25. The van der Waals surface area contributed by atoms with Crippen molar-refractivity contribution in [2.45, 2.75) is 11.4 Å². The Kier molecular flexibility index (Phi) is 8.73. The molecule has 0 aliphatic carbocycles. The molecule has 3 amide bonds. The molecule has 3 atom stereocenters. The largest absolute Gasteiger partial charge is 0.543 e. The number of hydrogen-bond donors (Lipinski definition) is 3. The van der Waals surface area contributed by atoms with E-state index in [2.05, 4.69) is 22.0 Å². The summed E-state index contributed by atoms with van der Waals surface area (Å²) in [7, 11) is 3.13. The minimum absolute atomic E-state index is 0.166. The fourth-order valence-corrected chi connectivity index (χ4v) is 5.98. The van der Waals surface area contributed by atoms with E-state index in [4.69, 9.17) is 16.3 Å². The summed E-state index contributed by atoms with van der Waals surface area (Å²) in [5.41, 5.74) is 11.1. The number of oxime groups is 1. The lowest BCUT2D eigenvalue weighted by Gasteiger charge is -2.51. The van der Waals surface area contributed by atoms with E-state index in [1.807, 2.05) is 7.05 Å². The van der Waals surface area contributed by atoms with E-state index < -0.39 is 35.1 Å². The molecule has 2 aliphatic heterocycles. The highest BCUT2D eigenvalue weighted by Gasteiger charge is 2.53. The van der Waals surface area contributed by atoms with Crippen LogP contribution in [-0.2, 0) is 24.0 Å². The predicted octanol–water partition coefficient (Wildman–Crippen LogP) is -1.85. The summed E-state index contributed by atoms with van der Waals surface area (Å²) < 4.78 is 0.292. The van der Waals surface area contributed by atoms with Crippen LogP contribution in [-0.4, -0.2) is 94.7 Å². The number of nitrogens with one attached hydrogen (secondary N) is 1. The molecule has 3 rings (SSSR count). The maximum Gasteiger partial charge on any atom is 0.276 e. The highest BCUT2D eigenvalue weighted by Crippen LogP contribution is 2.40. The fourth-order valence-electron chi connectivity index (χ4n) is 4.09. The first kappa shape index (κ1) is 27.9. The van der Waals surface area contributed by atoms with Crippen LogP contribution in [0.5, 0.6) is 0 Å². The summed E-state index contributed by atoms with van der Waals surface area (Å²) in [6.07, 6.45) is 4.54. The zero-order valence-corrected chi connectivity index (χ0v) is 21.8. The molecular formula is C22H27N7O6S2. The fraction of sp³-hybridized carbons (Fsp3) is 0.364. The van der Waals surface area contributed by atoms with Crippen LogP contribution in [0.2, 0.25) is 0 Å². The molecule has 1 fully saturated rings. The third-order valence-corrected chi connectivity index (χ3v) is 7.67. The standard InChI is InChI=1S/C22H27N7O6S2/c1-4-7-29(2,8-5-6-14(23)30)9-12-10-36-20-16(19(32)28(20)17(12)21(33)34)26-18(31)15(27-35-3)13-11-37-22(24)25-13/h4-6,11,16,20H,1,7-10H2,2-3H3,(H5-,23,24,25,26,30,31,33,34)/b6-5+,27-15-. The van der Waals surface area contributed by atoms with E-state index in [0.29, 0.717) is 23.1 Å². The molecule has 3 heterocycles. The second-order valence-electron chi connectivity index (χ2n) is 8.53. The summed E-state index contributed by atoms with van der Waals surface area (Å²) in [6.45, 7) is 4.86. The van der Waals surface area contributed by atoms with Gasteiger partial charge in [0.15, 0.2) is 10.8 Å². The van der Waals surface area contributed by atoms with Crippen molar-refractivity contribution in [3.8, 4) is 0 Å². The molecular weight excluding hydrogens is 522 g/mol. The van der Waals surface area contributed by atoms with Gasteiger partial charge in [0, 0.05) is 22.8 Å². The second kappa shape index (κ2) is 11.6. The van der Waals surface area contributed by atoms with E-state index in [-0.39, 0.29) is 34.5 Å². The van der Waals surface area contributed by atoms with E-state index in [9.17, 15) is 24.3 Å². The Morgan fingerprint density at radius 3 is 2.73 bits per heavy atom. The number of nitrogen functional groups attached to an aromatic ring is 1. The number of quaternary nitrogens is 1. The van der Waals surface area contributed by atoms with Gasteiger partial charge in [0.05, 0.1) is 31.8 Å². The quantitative estimate of drug-likeness (QED) is 0.0670. The number of nitrogens with two attached hydrogens (primary N) is 2.